The van der Waals surface area contributed by atoms with Crippen molar-refractivity contribution in [1.29, 1.82) is 0 Å². The molecule has 0 aliphatic heterocycles. The standard InChI is InChI=1S/C22H26N4OS/c1-18-6-8-19(9-7-18)17-28-13-11-23-22(27)24-15-20-4-2-5-21(14-20)16-26-12-3-10-25-26/h2-10,12,14H,11,13,15-17H2,1H3,(H2,23,24,27). The van der Waals surface area contributed by atoms with Gasteiger partial charge in [-0.1, -0.05) is 54.1 Å². The van der Waals surface area contributed by atoms with Gasteiger partial charge in [0, 0.05) is 37.0 Å². The summed E-state index contributed by atoms with van der Waals surface area (Å²) < 4.78 is 1.88. The van der Waals surface area contributed by atoms with Crippen molar-refractivity contribution in [1.82, 2.24) is 20.4 Å². The number of thioether (sulfide) groups is 1. The zero-order valence-corrected chi connectivity index (χ0v) is 16.9. The van der Waals surface area contributed by atoms with E-state index in [-0.39, 0.29) is 6.03 Å². The number of benzene rings is 2. The van der Waals surface area contributed by atoms with Gasteiger partial charge in [0.1, 0.15) is 0 Å². The number of nitrogens with one attached hydrogen (secondary N) is 2. The van der Waals surface area contributed by atoms with Crippen molar-refractivity contribution in [2.45, 2.75) is 25.8 Å². The van der Waals surface area contributed by atoms with E-state index in [1.807, 2.05) is 40.8 Å². The van der Waals surface area contributed by atoms with E-state index in [1.54, 1.807) is 6.20 Å². The maximum absolute atomic E-state index is 12.0. The normalized spacial score (nSPS) is 10.6. The summed E-state index contributed by atoms with van der Waals surface area (Å²) in [4.78, 5) is 12.0. The Labute approximate surface area is 170 Å². The Morgan fingerprint density at radius 3 is 2.64 bits per heavy atom. The van der Waals surface area contributed by atoms with Crippen LogP contribution in [0.1, 0.15) is 22.3 Å². The first-order chi connectivity index (χ1) is 13.7. The molecule has 3 aromatic rings. The van der Waals surface area contributed by atoms with E-state index in [9.17, 15) is 4.79 Å². The minimum Gasteiger partial charge on any atom is -0.337 e. The van der Waals surface area contributed by atoms with Crippen molar-refractivity contribution in [2.75, 3.05) is 12.3 Å². The number of rotatable bonds is 9. The highest BCUT2D eigenvalue weighted by molar-refractivity contribution is 7.98. The van der Waals surface area contributed by atoms with Crippen molar-refractivity contribution in [3.05, 3.63) is 89.2 Å². The number of amides is 2. The third-order valence-electron chi connectivity index (χ3n) is 4.27. The minimum absolute atomic E-state index is 0.131. The molecule has 0 radical (unpaired) electrons. The van der Waals surface area contributed by atoms with Crippen molar-refractivity contribution >= 4 is 17.8 Å². The average molecular weight is 395 g/mol. The number of hydrogen-bond donors (Lipinski definition) is 2. The second kappa shape index (κ2) is 10.6. The van der Waals surface area contributed by atoms with Crippen molar-refractivity contribution < 1.29 is 4.79 Å². The van der Waals surface area contributed by atoms with Gasteiger partial charge in [-0.2, -0.15) is 16.9 Å². The van der Waals surface area contributed by atoms with Crippen LogP contribution in [0.4, 0.5) is 4.79 Å². The molecule has 5 nitrogen and oxygen atoms in total. The molecule has 0 fully saturated rings. The topological polar surface area (TPSA) is 59.0 Å². The molecular weight excluding hydrogens is 368 g/mol. The van der Waals surface area contributed by atoms with Crippen molar-refractivity contribution in [3.63, 3.8) is 0 Å². The third-order valence-corrected chi connectivity index (χ3v) is 5.30. The lowest BCUT2D eigenvalue weighted by Gasteiger charge is -2.09. The van der Waals surface area contributed by atoms with E-state index in [1.165, 1.54) is 11.1 Å². The molecule has 2 N–H and O–H groups in total. The zero-order valence-electron chi connectivity index (χ0n) is 16.1. The second-order valence-corrected chi connectivity index (χ2v) is 7.78. The number of hydrogen-bond acceptors (Lipinski definition) is 3. The molecule has 3 rings (SSSR count). The molecule has 28 heavy (non-hydrogen) atoms. The number of carbonyl (C=O) groups is 1. The number of carbonyl (C=O) groups excluding carboxylic acids is 1. The fourth-order valence-electron chi connectivity index (χ4n) is 2.77. The molecule has 0 atom stereocenters. The Kier molecular flexibility index (Phi) is 7.55. The number of aryl methyl sites for hydroxylation is 1. The zero-order chi connectivity index (χ0) is 19.6. The number of aromatic nitrogens is 2. The van der Waals surface area contributed by atoms with Crippen LogP contribution in [0.15, 0.2) is 67.0 Å². The molecule has 0 saturated heterocycles. The summed E-state index contributed by atoms with van der Waals surface area (Å²) in [6.45, 7) is 3.98. The summed E-state index contributed by atoms with van der Waals surface area (Å²) in [7, 11) is 0. The summed E-state index contributed by atoms with van der Waals surface area (Å²) in [5.41, 5.74) is 4.83. The van der Waals surface area contributed by atoms with Crippen LogP contribution in [0.5, 0.6) is 0 Å². The molecule has 2 aromatic carbocycles. The van der Waals surface area contributed by atoms with Crippen molar-refractivity contribution in [2.24, 2.45) is 0 Å². The van der Waals surface area contributed by atoms with Gasteiger partial charge < -0.3 is 10.6 Å². The smallest absolute Gasteiger partial charge is 0.315 e. The predicted molar refractivity (Wildman–Crippen MR) is 115 cm³/mol. The Bertz CT molecular complexity index is 863. The van der Waals surface area contributed by atoms with Gasteiger partial charge in [-0.3, -0.25) is 4.68 Å². The molecular formula is C22H26N4OS. The minimum atomic E-state index is -0.131. The van der Waals surface area contributed by atoms with Crippen LogP contribution in [0.3, 0.4) is 0 Å². The number of nitrogens with zero attached hydrogens (tertiary/aromatic N) is 2. The first kappa shape index (κ1) is 20.0. The first-order valence-corrected chi connectivity index (χ1v) is 10.5. The summed E-state index contributed by atoms with van der Waals surface area (Å²) in [6.07, 6.45) is 3.71. The van der Waals surface area contributed by atoms with Crippen LogP contribution in [0, 0.1) is 6.92 Å². The fourth-order valence-corrected chi connectivity index (χ4v) is 3.59. The SMILES string of the molecule is Cc1ccc(CSCCNC(=O)NCc2cccc(Cn3cccn3)c2)cc1. The van der Waals surface area contributed by atoms with Gasteiger partial charge in [-0.05, 0) is 29.7 Å². The van der Waals surface area contributed by atoms with Crippen LogP contribution >= 0.6 is 11.8 Å². The lowest BCUT2D eigenvalue weighted by Crippen LogP contribution is -2.36. The van der Waals surface area contributed by atoms with E-state index >= 15 is 0 Å². The highest BCUT2D eigenvalue weighted by atomic mass is 32.2. The Hall–Kier alpha value is -2.73. The predicted octanol–water partition coefficient (Wildman–Crippen LogP) is 3.97. The van der Waals surface area contributed by atoms with Gasteiger partial charge in [-0.15, -0.1) is 0 Å². The van der Waals surface area contributed by atoms with E-state index < -0.39 is 0 Å². The Morgan fingerprint density at radius 1 is 1.04 bits per heavy atom. The molecule has 146 valence electrons. The number of urea groups is 1. The molecule has 0 spiro atoms. The van der Waals surface area contributed by atoms with Gasteiger partial charge in [0.25, 0.3) is 0 Å². The van der Waals surface area contributed by atoms with E-state index in [0.29, 0.717) is 13.1 Å². The third kappa shape index (κ3) is 6.78. The van der Waals surface area contributed by atoms with Gasteiger partial charge in [0.15, 0.2) is 0 Å². The molecule has 0 saturated carbocycles. The molecule has 0 aliphatic carbocycles. The van der Waals surface area contributed by atoms with Crippen LogP contribution < -0.4 is 10.6 Å². The lowest BCUT2D eigenvalue weighted by atomic mass is 10.1. The second-order valence-electron chi connectivity index (χ2n) is 6.67. The highest BCUT2D eigenvalue weighted by Crippen LogP contribution is 2.12. The summed E-state index contributed by atoms with van der Waals surface area (Å²) in [6, 6.07) is 18.5. The maximum atomic E-state index is 12.0. The Morgan fingerprint density at radius 2 is 1.86 bits per heavy atom. The summed E-state index contributed by atoms with van der Waals surface area (Å²) >= 11 is 1.82. The molecule has 2 amide bonds. The molecule has 0 aliphatic rings. The first-order valence-electron chi connectivity index (χ1n) is 9.39. The quantitative estimate of drug-likeness (QED) is 0.540. The van der Waals surface area contributed by atoms with Crippen LogP contribution in [-0.2, 0) is 18.8 Å². The molecule has 0 bridgehead atoms. The Balaban J connectivity index is 1.32. The van der Waals surface area contributed by atoms with Crippen LogP contribution in [-0.4, -0.2) is 28.1 Å². The van der Waals surface area contributed by atoms with E-state index in [4.69, 9.17) is 0 Å². The largest absolute Gasteiger partial charge is 0.337 e. The van der Waals surface area contributed by atoms with Gasteiger partial charge in [0.2, 0.25) is 0 Å². The van der Waals surface area contributed by atoms with Crippen LogP contribution in [0.2, 0.25) is 0 Å². The van der Waals surface area contributed by atoms with Gasteiger partial charge >= 0.3 is 6.03 Å². The van der Waals surface area contributed by atoms with Gasteiger partial charge in [0.05, 0.1) is 6.54 Å². The molecule has 1 heterocycles. The lowest BCUT2D eigenvalue weighted by molar-refractivity contribution is 0.241. The fraction of sp³-hybridized carbons (Fsp3) is 0.273. The van der Waals surface area contributed by atoms with E-state index in [2.05, 4.69) is 59.1 Å². The van der Waals surface area contributed by atoms with Crippen molar-refractivity contribution in [3.8, 4) is 0 Å². The average Bonchev–Trinajstić information content (AvgIpc) is 3.21. The monoisotopic (exact) mass is 394 g/mol. The van der Waals surface area contributed by atoms with Gasteiger partial charge in [-0.25, -0.2) is 4.79 Å². The van der Waals surface area contributed by atoms with E-state index in [0.717, 1.165) is 29.2 Å². The van der Waals surface area contributed by atoms with Crippen LogP contribution in [0.25, 0.3) is 0 Å². The maximum Gasteiger partial charge on any atom is 0.315 e. The molecule has 6 heteroatoms. The summed E-state index contributed by atoms with van der Waals surface area (Å²) in [5.74, 6) is 1.85. The molecule has 1 aromatic heterocycles. The molecule has 0 unspecified atom stereocenters. The summed E-state index contributed by atoms with van der Waals surface area (Å²) in [5, 5.41) is 10.1. The highest BCUT2D eigenvalue weighted by Gasteiger charge is 2.02.